The summed E-state index contributed by atoms with van der Waals surface area (Å²) in [6, 6.07) is 0. The number of rotatable bonds is 4. The fourth-order valence-corrected chi connectivity index (χ4v) is 0.235. The van der Waals surface area contributed by atoms with Gasteiger partial charge in [0.15, 0.2) is 0 Å². The molecule has 0 aromatic heterocycles. The zero-order chi connectivity index (χ0) is 6.41. The first-order valence-corrected chi connectivity index (χ1v) is 2.08. The topological polar surface area (TPSA) is 55.8 Å². The number of hydrogen-bond acceptors (Lipinski definition) is 4. The molecule has 0 bridgehead atoms. The van der Waals surface area contributed by atoms with Crippen molar-refractivity contribution in [3.63, 3.8) is 0 Å². The van der Waals surface area contributed by atoms with Crippen LogP contribution in [0, 0.1) is 0 Å². The third-order valence-corrected chi connectivity index (χ3v) is 0.619. The van der Waals surface area contributed by atoms with E-state index in [1.54, 1.807) is 0 Å². The van der Waals surface area contributed by atoms with Crippen molar-refractivity contribution in [3.8, 4) is 0 Å². The fraction of sp³-hybridized carbons (Fsp3) is 0.750. The van der Waals surface area contributed by atoms with Crippen LogP contribution >= 0.6 is 0 Å². The summed E-state index contributed by atoms with van der Waals surface area (Å²) in [7, 11) is 1.34. The Labute approximate surface area is 47.0 Å². The highest BCUT2D eigenvalue weighted by molar-refractivity contribution is 5.37. The lowest BCUT2D eigenvalue weighted by Gasteiger charge is -2.07. The number of aliphatic hydroxyl groups is 1. The second kappa shape index (κ2) is 4.55. The summed E-state index contributed by atoms with van der Waals surface area (Å²) in [4.78, 5) is 9.52. The number of carbonyl (C=O) groups excluding carboxylic acids is 1. The van der Waals surface area contributed by atoms with Crippen LogP contribution in [0.25, 0.3) is 0 Å². The Morgan fingerprint density at radius 3 is 2.62 bits per heavy atom. The van der Waals surface area contributed by atoms with Gasteiger partial charge in [-0.2, -0.15) is 0 Å². The Morgan fingerprint density at radius 1 is 1.88 bits per heavy atom. The zero-order valence-electron chi connectivity index (χ0n) is 4.53. The molecule has 1 atom stereocenters. The van der Waals surface area contributed by atoms with Crippen LogP contribution in [0.4, 0.5) is 0 Å². The molecule has 8 heavy (non-hydrogen) atoms. The Morgan fingerprint density at radius 2 is 2.50 bits per heavy atom. The van der Waals surface area contributed by atoms with Gasteiger partial charge in [0.1, 0.15) is 6.61 Å². The lowest BCUT2D eigenvalue weighted by Crippen LogP contribution is -2.18. The standard InChI is InChI=1S/C4H8O4/c1-7-4(2-5)8-3-6/h3-5H,2H2,1H3. The van der Waals surface area contributed by atoms with Crippen molar-refractivity contribution in [1.29, 1.82) is 0 Å². The molecule has 4 heteroatoms. The van der Waals surface area contributed by atoms with E-state index in [0.717, 1.165) is 0 Å². The van der Waals surface area contributed by atoms with Crippen molar-refractivity contribution < 1.29 is 19.4 Å². The number of aliphatic hydroxyl groups excluding tert-OH is 1. The van der Waals surface area contributed by atoms with Crippen LogP contribution in [0.3, 0.4) is 0 Å². The van der Waals surface area contributed by atoms with Crippen molar-refractivity contribution in [2.24, 2.45) is 0 Å². The van der Waals surface area contributed by atoms with Crippen molar-refractivity contribution in [3.05, 3.63) is 0 Å². The summed E-state index contributed by atoms with van der Waals surface area (Å²) in [5.74, 6) is 0. The normalized spacial score (nSPS) is 12.8. The van der Waals surface area contributed by atoms with Crippen LogP contribution in [-0.2, 0) is 14.3 Å². The van der Waals surface area contributed by atoms with Crippen LogP contribution in [-0.4, -0.2) is 31.6 Å². The monoisotopic (exact) mass is 120 g/mol. The van der Waals surface area contributed by atoms with Crippen molar-refractivity contribution in [2.45, 2.75) is 6.29 Å². The maximum atomic E-state index is 9.52. The predicted molar refractivity (Wildman–Crippen MR) is 25.0 cm³/mol. The van der Waals surface area contributed by atoms with Gasteiger partial charge in [-0.25, -0.2) is 0 Å². The molecule has 0 aromatic carbocycles. The van der Waals surface area contributed by atoms with Gasteiger partial charge >= 0.3 is 0 Å². The maximum absolute atomic E-state index is 9.52. The second-order valence-corrected chi connectivity index (χ2v) is 1.08. The summed E-state index contributed by atoms with van der Waals surface area (Å²) in [5, 5.41) is 8.25. The fourth-order valence-electron chi connectivity index (χ4n) is 0.235. The molecular formula is C4H8O4. The molecule has 1 unspecified atom stereocenters. The molecule has 0 rings (SSSR count). The van der Waals surface area contributed by atoms with Crippen LogP contribution < -0.4 is 0 Å². The van der Waals surface area contributed by atoms with Crippen LogP contribution in [0.2, 0.25) is 0 Å². The molecular weight excluding hydrogens is 112 g/mol. The smallest absolute Gasteiger partial charge is 0.295 e. The third kappa shape index (κ3) is 2.54. The first-order chi connectivity index (χ1) is 3.85. The summed E-state index contributed by atoms with van der Waals surface area (Å²) in [6.45, 7) is -0.0837. The van der Waals surface area contributed by atoms with E-state index < -0.39 is 6.29 Å². The molecule has 0 aliphatic rings. The molecule has 0 fully saturated rings. The Bertz CT molecular complexity index is 59.1. The lowest BCUT2D eigenvalue weighted by atomic mass is 10.7. The molecule has 0 saturated carbocycles. The average molecular weight is 120 g/mol. The SMILES string of the molecule is COC(CO)OC=O. The van der Waals surface area contributed by atoms with E-state index in [9.17, 15) is 4.79 Å². The van der Waals surface area contributed by atoms with Crippen molar-refractivity contribution in [1.82, 2.24) is 0 Å². The van der Waals surface area contributed by atoms with Gasteiger partial charge < -0.3 is 14.6 Å². The van der Waals surface area contributed by atoms with Gasteiger partial charge in [-0.1, -0.05) is 0 Å². The van der Waals surface area contributed by atoms with Gasteiger partial charge in [-0.3, -0.25) is 4.79 Å². The maximum Gasteiger partial charge on any atom is 0.295 e. The molecule has 4 nitrogen and oxygen atoms in total. The van der Waals surface area contributed by atoms with E-state index in [4.69, 9.17) is 5.11 Å². The van der Waals surface area contributed by atoms with Gasteiger partial charge in [-0.15, -0.1) is 0 Å². The predicted octanol–water partition coefficient (Wildman–Crippen LogP) is -0.876. The molecule has 0 amide bonds. The quantitative estimate of drug-likeness (QED) is 0.387. The van der Waals surface area contributed by atoms with Gasteiger partial charge in [0.2, 0.25) is 6.29 Å². The molecule has 1 N–H and O–H groups in total. The Kier molecular flexibility index (Phi) is 4.20. The molecule has 0 aliphatic carbocycles. The van der Waals surface area contributed by atoms with E-state index in [-0.39, 0.29) is 13.1 Å². The molecule has 0 heterocycles. The molecule has 48 valence electrons. The Hall–Kier alpha value is -0.610. The molecule has 0 radical (unpaired) electrons. The first-order valence-electron chi connectivity index (χ1n) is 2.08. The third-order valence-electron chi connectivity index (χ3n) is 0.619. The van der Waals surface area contributed by atoms with Crippen molar-refractivity contribution >= 4 is 6.47 Å². The minimum atomic E-state index is -0.813. The molecule has 0 spiro atoms. The molecule has 0 aliphatic heterocycles. The number of carbonyl (C=O) groups is 1. The Balaban J connectivity index is 3.20. The molecule has 0 saturated heterocycles. The second-order valence-electron chi connectivity index (χ2n) is 1.08. The van der Waals surface area contributed by atoms with E-state index >= 15 is 0 Å². The lowest BCUT2D eigenvalue weighted by molar-refractivity contribution is -0.165. The van der Waals surface area contributed by atoms with Crippen LogP contribution in [0.15, 0.2) is 0 Å². The number of hydrogen-bond donors (Lipinski definition) is 1. The van der Waals surface area contributed by atoms with E-state index in [1.165, 1.54) is 7.11 Å². The number of ether oxygens (including phenoxy) is 2. The minimum absolute atomic E-state index is 0.227. The van der Waals surface area contributed by atoms with Gasteiger partial charge in [-0.05, 0) is 0 Å². The highest BCUT2D eigenvalue weighted by Gasteiger charge is 2.01. The van der Waals surface area contributed by atoms with E-state index in [2.05, 4.69) is 9.47 Å². The van der Waals surface area contributed by atoms with Crippen LogP contribution in [0.5, 0.6) is 0 Å². The van der Waals surface area contributed by atoms with Gasteiger partial charge in [0.05, 0.1) is 0 Å². The summed E-state index contributed by atoms with van der Waals surface area (Å²) in [5.41, 5.74) is 0. The largest absolute Gasteiger partial charge is 0.435 e. The van der Waals surface area contributed by atoms with Gasteiger partial charge in [0, 0.05) is 7.11 Å². The average Bonchev–Trinajstić information content (AvgIpc) is 1.83. The van der Waals surface area contributed by atoms with E-state index in [1.807, 2.05) is 0 Å². The summed E-state index contributed by atoms with van der Waals surface area (Å²) >= 11 is 0. The highest BCUT2D eigenvalue weighted by atomic mass is 16.7. The number of methoxy groups -OCH3 is 1. The highest BCUT2D eigenvalue weighted by Crippen LogP contribution is 1.85. The summed E-state index contributed by atoms with van der Waals surface area (Å²) < 4.78 is 8.62. The first kappa shape index (κ1) is 7.39. The summed E-state index contributed by atoms with van der Waals surface area (Å²) in [6.07, 6.45) is -0.813. The minimum Gasteiger partial charge on any atom is -0.435 e. The van der Waals surface area contributed by atoms with Crippen molar-refractivity contribution in [2.75, 3.05) is 13.7 Å². The zero-order valence-corrected chi connectivity index (χ0v) is 4.53. The van der Waals surface area contributed by atoms with Gasteiger partial charge in [0.25, 0.3) is 6.47 Å². The van der Waals surface area contributed by atoms with E-state index in [0.29, 0.717) is 0 Å². The molecule has 0 aromatic rings. The van der Waals surface area contributed by atoms with Crippen LogP contribution in [0.1, 0.15) is 0 Å².